The number of anilines is 1. The molecule has 1 atom stereocenters. The maximum Gasteiger partial charge on any atom is 0.327 e. The number of aliphatic carboxylic acids is 1. The van der Waals surface area contributed by atoms with E-state index in [0.29, 0.717) is 12.3 Å². The van der Waals surface area contributed by atoms with E-state index in [1.807, 2.05) is 73.7 Å². The van der Waals surface area contributed by atoms with Crippen LogP contribution in [0.2, 0.25) is 0 Å². The summed E-state index contributed by atoms with van der Waals surface area (Å²) >= 11 is 0. The second-order valence-corrected chi connectivity index (χ2v) is 7.45. The quantitative estimate of drug-likeness (QED) is 0.403. The van der Waals surface area contributed by atoms with Crippen molar-refractivity contribution in [3.05, 3.63) is 96.1 Å². The van der Waals surface area contributed by atoms with Gasteiger partial charge in [-0.05, 0) is 48.9 Å². The molecule has 2 heterocycles. The van der Waals surface area contributed by atoms with E-state index in [-0.39, 0.29) is 0 Å². The van der Waals surface area contributed by atoms with E-state index in [1.165, 1.54) is 0 Å². The first-order valence-corrected chi connectivity index (χ1v) is 10.3. The van der Waals surface area contributed by atoms with Gasteiger partial charge in [-0.15, -0.1) is 0 Å². The molecular weight excluding hydrogens is 390 g/mol. The molecule has 0 amide bonds. The average molecular weight is 415 g/mol. The van der Waals surface area contributed by atoms with Gasteiger partial charge in [0.2, 0.25) is 5.89 Å². The maximum absolute atomic E-state index is 11.6. The first-order valence-electron chi connectivity index (χ1n) is 10.3. The molecule has 0 aliphatic rings. The van der Waals surface area contributed by atoms with Crippen LogP contribution in [0.5, 0.6) is 0 Å². The summed E-state index contributed by atoms with van der Waals surface area (Å²) in [6, 6.07) is 20.8. The predicted octanol–water partition coefficient (Wildman–Crippen LogP) is 4.97. The highest BCUT2D eigenvalue weighted by atomic mass is 16.4. The van der Waals surface area contributed by atoms with Gasteiger partial charge < -0.3 is 19.4 Å². The summed E-state index contributed by atoms with van der Waals surface area (Å²) in [5, 5.41) is 12.9. The van der Waals surface area contributed by atoms with Gasteiger partial charge in [0.25, 0.3) is 0 Å². The number of oxazole rings is 1. The fourth-order valence-electron chi connectivity index (χ4n) is 3.55. The van der Waals surface area contributed by atoms with Crippen molar-refractivity contribution in [2.24, 2.45) is 0 Å². The molecule has 4 aromatic rings. The van der Waals surface area contributed by atoms with Gasteiger partial charge in [-0.1, -0.05) is 30.3 Å². The number of carboxylic acid groups (broad SMARTS) is 1. The Kier molecular flexibility index (Phi) is 6.17. The smallest absolute Gasteiger partial charge is 0.327 e. The molecule has 0 saturated carbocycles. The standard InChI is InChI=1S/C25H25N3O3/c1-18-22(27-24(31-18)20-7-3-2-4-8-20)13-14-26-21-11-9-19(10-12-21)17-23(25(29)30)28-15-5-6-16-28/h2-12,15-16,23,26H,13-14,17H2,1H3,(H,29,30)/t23-/m0/s1. The Bertz CT molecular complexity index is 1120. The first kappa shape index (κ1) is 20.5. The minimum atomic E-state index is -0.837. The van der Waals surface area contributed by atoms with E-state index in [2.05, 4.69) is 10.3 Å². The third-order valence-electron chi connectivity index (χ3n) is 5.26. The Morgan fingerprint density at radius 1 is 1.06 bits per heavy atom. The second kappa shape index (κ2) is 9.34. The van der Waals surface area contributed by atoms with Crippen LogP contribution in [-0.4, -0.2) is 27.2 Å². The Hall–Kier alpha value is -3.80. The van der Waals surface area contributed by atoms with Crippen LogP contribution in [0.25, 0.3) is 11.5 Å². The Morgan fingerprint density at radius 2 is 1.77 bits per heavy atom. The van der Waals surface area contributed by atoms with Gasteiger partial charge in [-0.3, -0.25) is 0 Å². The molecule has 2 aromatic heterocycles. The zero-order chi connectivity index (χ0) is 21.6. The zero-order valence-electron chi connectivity index (χ0n) is 17.4. The molecule has 4 rings (SSSR count). The van der Waals surface area contributed by atoms with Crippen LogP contribution >= 0.6 is 0 Å². The van der Waals surface area contributed by atoms with Crippen LogP contribution in [-0.2, 0) is 17.6 Å². The molecule has 6 heteroatoms. The molecule has 2 aromatic carbocycles. The number of aryl methyl sites for hydroxylation is 1. The number of nitrogens with one attached hydrogen (secondary N) is 1. The van der Waals surface area contributed by atoms with Gasteiger partial charge in [0.05, 0.1) is 5.69 Å². The summed E-state index contributed by atoms with van der Waals surface area (Å²) in [4.78, 5) is 16.3. The monoisotopic (exact) mass is 415 g/mol. The van der Waals surface area contributed by atoms with E-state index in [4.69, 9.17) is 4.42 Å². The van der Waals surface area contributed by atoms with Crippen molar-refractivity contribution in [1.29, 1.82) is 0 Å². The molecule has 0 aliphatic carbocycles. The lowest BCUT2D eigenvalue weighted by Crippen LogP contribution is -2.20. The van der Waals surface area contributed by atoms with Crippen molar-refractivity contribution in [1.82, 2.24) is 9.55 Å². The fraction of sp³-hybridized carbons (Fsp3) is 0.200. The lowest BCUT2D eigenvalue weighted by atomic mass is 10.1. The highest BCUT2D eigenvalue weighted by Crippen LogP contribution is 2.22. The van der Waals surface area contributed by atoms with Crippen molar-refractivity contribution < 1.29 is 14.3 Å². The third-order valence-corrected chi connectivity index (χ3v) is 5.26. The van der Waals surface area contributed by atoms with E-state index in [0.717, 1.165) is 41.2 Å². The Morgan fingerprint density at radius 3 is 2.45 bits per heavy atom. The molecule has 0 unspecified atom stereocenters. The van der Waals surface area contributed by atoms with Crippen LogP contribution in [0, 0.1) is 6.92 Å². The highest BCUT2D eigenvalue weighted by molar-refractivity contribution is 5.72. The summed E-state index contributed by atoms with van der Waals surface area (Å²) < 4.78 is 7.54. The van der Waals surface area contributed by atoms with Crippen molar-refractivity contribution in [3.63, 3.8) is 0 Å². The van der Waals surface area contributed by atoms with Crippen molar-refractivity contribution in [2.45, 2.75) is 25.8 Å². The van der Waals surface area contributed by atoms with Crippen molar-refractivity contribution in [3.8, 4) is 11.5 Å². The van der Waals surface area contributed by atoms with Gasteiger partial charge in [-0.25, -0.2) is 9.78 Å². The lowest BCUT2D eigenvalue weighted by Gasteiger charge is -2.15. The van der Waals surface area contributed by atoms with Gasteiger partial charge in [0.15, 0.2) is 0 Å². The molecule has 0 bridgehead atoms. The van der Waals surface area contributed by atoms with Gasteiger partial charge in [0, 0.05) is 43.0 Å². The summed E-state index contributed by atoms with van der Waals surface area (Å²) in [5.74, 6) is 0.644. The Labute approximate surface area is 181 Å². The largest absolute Gasteiger partial charge is 0.480 e. The number of benzene rings is 2. The topological polar surface area (TPSA) is 80.3 Å². The molecule has 0 radical (unpaired) electrons. The maximum atomic E-state index is 11.6. The van der Waals surface area contributed by atoms with Crippen LogP contribution in [0.15, 0.2) is 83.5 Å². The predicted molar refractivity (Wildman–Crippen MR) is 120 cm³/mol. The number of nitrogens with zero attached hydrogens (tertiary/aromatic N) is 2. The Balaban J connectivity index is 1.33. The molecule has 0 saturated heterocycles. The molecule has 158 valence electrons. The number of rotatable bonds is 9. The molecule has 0 aliphatic heterocycles. The summed E-state index contributed by atoms with van der Waals surface area (Å²) in [6.07, 6.45) is 4.75. The molecule has 0 spiro atoms. The molecule has 0 fully saturated rings. The highest BCUT2D eigenvalue weighted by Gasteiger charge is 2.19. The zero-order valence-corrected chi connectivity index (χ0v) is 17.4. The minimum absolute atomic E-state index is 0.435. The number of carbonyl (C=O) groups is 1. The SMILES string of the molecule is Cc1oc(-c2ccccc2)nc1CCNc1ccc(C[C@@H](C(=O)O)n2cccc2)cc1. The summed E-state index contributed by atoms with van der Waals surface area (Å²) in [7, 11) is 0. The van der Waals surface area contributed by atoms with Crippen molar-refractivity contribution in [2.75, 3.05) is 11.9 Å². The van der Waals surface area contributed by atoms with Crippen LogP contribution in [0.4, 0.5) is 5.69 Å². The normalized spacial score (nSPS) is 11.9. The van der Waals surface area contributed by atoms with Gasteiger partial charge in [-0.2, -0.15) is 0 Å². The first-order chi connectivity index (χ1) is 15.1. The molecule has 2 N–H and O–H groups in total. The van der Waals surface area contributed by atoms with Crippen LogP contribution < -0.4 is 5.32 Å². The van der Waals surface area contributed by atoms with Crippen LogP contribution in [0.1, 0.15) is 23.1 Å². The summed E-state index contributed by atoms with van der Waals surface area (Å²) in [6.45, 7) is 2.66. The second-order valence-electron chi connectivity index (χ2n) is 7.45. The van der Waals surface area contributed by atoms with E-state index in [9.17, 15) is 9.90 Å². The number of aromatic nitrogens is 2. The van der Waals surface area contributed by atoms with Crippen molar-refractivity contribution >= 4 is 11.7 Å². The molecule has 31 heavy (non-hydrogen) atoms. The fourth-order valence-corrected chi connectivity index (χ4v) is 3.55. The van der Waals surface area contributed by atoms with E-state index < -0.39 is 12.0 Å². The van der Waals surface area contributed by atoms with Gasteiger partial charge in [0.1, 0.15) is 11.8 Å². The van der Waals surface area contributed by atoms with E-state index in [1.54, 1.807) is 17.0 Å². The number of carboxylic acids is 1. The minimum Gasteiger partial charge on any atom is -0.480 e. The number of hydrogen-bond acceptors (Lipinski definition) is 4. The van der Waals surface area contributed by atoms with Gasteiger partial charge >= 0.3 is 5.97 Å². The lowest BCUT2D eigenvalue weighted by molar-refractivity contribution is -0.140. The molecular formula is C25H25N3O3. The van der Waals surface area contributed by atoms with E-state index >= 15 is 0 Å². The number of hydrogen-bond donors (Lipinski definition) is 2. The summed E-state index contributed by atoms with van der Waals surface area (Å²) in [5.41, 5.74) is 3.88. The third kappa shape index (κ3) is 5.04. The van der Waals surface area contributed by atoms with Crippen LogP contribution in [0.3, 0.4) is 0 Å². The molecule has 6 nitrogen and oxygen atoms in total. The average Bonchev–Trinajstić information content (AvgIpc) is 3.44.